The van der Waals surface area contributed by atoms with E-state index in [1.807, 2.05) is 0 Å². The first-order chi connectivity index (χ1) is 10.8. The maximum absolute atomic E-state index is 12.9. The van der Waals surface area contributed by atoms with Crippen molar-refractivity contribution >= 4 is 21.6 Å². The Balaban J connectivity index is 2.50. The topological polar surface area (TPSA) is 75.7 Å². The first-order valence-electron chi connectivity index (χ1n) is 7.33. The molecule has 0 aliphatic heterocycles. The minimum Gasteiger partial charge on any atom is -0.385 e. The van der Waals surface area contributed by atoms with Crippen molar-refractivity contribution in [1.82, 2.24) is 5.32 Å². The summed E-state index contributed by atoms with van der Waals surface area (Å²) in [6.07, 6.45) is 2.41. The van der Waals surface area contributed by atoms with Crippen LogP contribution in [0.25, 0.3) is 0 Å². The van der Waals surface area contributed by atoms with Crippen LogP contribution in [0.1, 0.15) is 19.3 Å². The lowest BCUT2D eigenvalue weighted by Crippen LogP contribution is -2.32. The summed E-state index contributed by atoms with van der Waals surface area (Å²) in [5.41, 5.74) is 0.384. The van der Waals surface area contributed by atoms with Gasteiger partial charge in [0.25, 0.3) is 0 Å². The number of benzene rings is 1. The molecular formula is C15H23FN2O4S. The molecule has 130 valence electrons. The Morgan fingerprint density at radius 1 is 1.26 bits per heavy atom. The monoisotopic (exact) mass is 346 g/mol. The van der Waals surface area contributed by atoms with Gasteiger partial charge in [-0.3, -0.25) is 9.10 Å². The molecule has 6 nitrogen and oxygen atoms in total. The van der Waals surface area contributed by atoms with Gasteiger partial charge >= 0.3 is 0 Å². The molecule has 0 fully saturated rings. The minimum atomic E-state index is -3.49. The number of anilines is 1. The zero-order valence-corrected chi connectivity index (χ0v) is 14.2. The summed E-state index contributed by atoms with van der Waals surface area (Å²) < 4.78 is 42.7. The summed E-state index contributed by atoms with van der Waals surface area (Å²) >= 11 is 0. The number of ether oxygens (including phenoxy) is 1. The van der Waals surface area contributed by atoms with E-state index in [1.54, 1.807) is 7.11 Å². The number of amides is 1. The fourth-order valence-corrected chi connectivity index (χ4v) is 2.98. The zero-order valence-electron chi connectivity index (χ0n) is 13.4. The van der Waals surface area contributed by atoms with Gasteiger partial charge in [0, 0.05) is 33.2 Å². The van der Waals surface area contributed by atoms with Crippen LogP contribution in [0.4, 0.5) is 10.1 Å². The van der Waals surface area contributed by atoms with E-state index in [1.165, 1.54) is 28.6 Å². The SMILES string of the molecule is COCCCNC(=O)CCCN(c1ccc(F)cc1)S(C)(=O)=O. The van der Waals surface area contributed by atoms with Gasteiger partial charge in [0.2, 0.25) is 15.9 Å². The van der Waals surface area contributed by atoms with E-state index >= 15 is 0 Å². The van der Waals surface area contributed by atoms with Gasteiger partial charge in [0.15, 0.2) is 0 Å². The molecule has 1 N–H and O–H groups in total. The van der Waals surface area contributed by atoms with Crippen LogP contribution in [-0.4, -0.2) is 47.4 Å². The highest BCUT2D eigenvalue weighted by Gasteiger charge is 2.17. The average molecular weight is 346 g/mol. The summed E-state index contributed by atoms with van der Waals surface area (Å²) in [6.45, 7) is 1.27. The van der Waals surface area contributed by atoms with Crippen LogP contribution in [0, 0.1) is 5.82 Å². The number of hydrogen-bond acceptors (Lipinski definition) is 4. The van der Waals surface area contributed by atoms with Crippen molar-refractivity contribution in [3.8, 4) is 0 Å². The summed E-state index contributed by atoms with van der Waals surface area (Å²) in [5, 5.41) is 2.74. The van der Waals surface area contributed by atoms with Gasteiger partial charge in [0.05, 0.1) is 11.9 Å². The molecule has 0 aromatic heterocycles. The Kier molecular flexibility index (Phi) is 7.97. The van der Waals surface area contributed by atoms with Crippen LogP contribution in [-0.2, 0) is 19.6 Å². The summed E-state index contributed by atoms with van der Waals surface area (Å²) in [6, 6.07) is 5.22. The van der Waals surface area contributed by atoms with E-state index in [-0.39, 0.29) is 18.9 Å². The number of hydrogen-bond donors (Lipinski definition) is 1. The highest BCUT2D eigenvalue weighted by molar-refractivity contribution is 7.92. The molecule has 0 spiro atoms. The van der Waals surface area contributed by atoms with Crippen LogP contribution in [0.3, 0.4) is 0 Å². The van der Waals surface area contributed by atoms with Gasteiger partial charge < -0.3 is 10.1 Å². The normalized spacial score (nSPS) is 11.3. The molecular weight excluding hydrogens is 323 g/mol. The standard InChI is InChI=1S/C15H23FN2O4S/c1-22-12-4-10-17-15(19)5-3-11-18(23(2,20)21)14-8-6-13(16)7-9-14/h6-9H,3-5,10-12H2,1-2H3,(H,17,19). The molecule has 0 aliphatic carbocycles. The third-order valence-corrected chi connectivity index (χ3v) is 4.32. The molecule has 0 saturated heterocycles. The average Bonchev–Trinajstić information content (AvgIpc) is 2.48. The zero-order chi connectivity index (χ0) is 17.3. The first kappa shape index (κ1) is 19.4. The number of sulfonamides is 1. The first-order valence-corrected chi connectivity index (χ1v) is 9.18. The van der Waals surface area contributed by atoms with Crippen LogP contribution in [0.5, 0.6) is 0 Å². The molecule has 1 aromatic rings. The van der Waals surface area contributed by atoms with E-state index in [2.05, 4.69) is 5.32 Å². The number of carbonyl (C=O) groups is 1. The lowest BCUT2D eigenvalue weighted by Gasteiger charge is -2.22. The second-order valence-corrected chi connectivity index (χ2v) is 7.02. The van der Waals surface area contributed by atoms with Gasteiger partial charge in [-0.1, -0.05) is 0 Å². The maximum atomic E-state index is 12.9. The molecule has 1 amide bonds. The van der Waals surface area contributed by atoms with Crippen molar-refractivity contribution in [2.45, 2.75) is 19.3 Å². The molecule has 0 heterocycles. The molecule has 0 atom stereocenters. The lowest BCUT2D eigenvalue weighted by atomic mass is 10.2. The van der Waals surface area contributed by atoms with E-state index < -0.39 is 15.8 Å². The van der Waals surface area contributed by atoms with Crippen molar-refractivity contribution in [3.63, 3.8) is 0 Å². The smallest absolute Gasteiger partial charge is 0.232 e. The van der Waals surface area contributed by atoms with Crippen molar-refractivity contribution in [3.05, 3.63) is 30.1 Å². The van der Waals surface area contributed by atoms with Crippen LogP contribution < -0.4 is 9.62 Å². The van der Waals surface area contributed by atoms with Crippen LogP contribution in [0.2, 0.25) is 0 Å². The lowest BCUT2D eigenvalue weighted by molar-refractivity contribution is -0.121. The highest BCUT2D eigenvalue weighted by atomic mass is 32.2. The van der Waals surface area contributed by atoms with Crippen LogP contribution >= 0.6 is 0 Å². The fraction of sp³-hybridized carbons (Fsp3) is 0.533. The second kappa shape index (κ2) is 9.46. The summed E-state index contributed by atoms with van der Waals surface area (Å²) in [4.78, 5) is 11.6. The summed E-state index contributed by atoms with van der Waals surface area (Å²) in [7, 11) is -1.90. The van der Waals surface area contributed by atoms with Gasteiger partial charge in [-0.15, -0.1) is 0 Å². The molecule has 23 heavy (non-hydrogen) atoms. The van der Waals surface area contributed by atoms with Crippen molar-refractivity contribution in [1.29, 1.82) is 0 Å². The molecule has 0 unspecified atom stereocenters. The fourth-order valence-electron chi connectivity index (χ4n) is 2.01. The maximum Gasteiger partial charge on any atom is 0.232 e. The molecule has 0 radical (unpaired) electrons. The Morgan fingerprint density at radius 3 is 2.48 bits per heavy atom. The Bertz CT molecular complexity index is 590. The summed E-state index contributed by atoms with van der Waals surface area (Å²) in [5.74, 6) is -0.564. The van der Waals surface area contributed by atoms with Crippen molar-refractivity contribution in [2.24, 2.45) is 0 Å². The highest BCUT2D eigenvalue weighted by Crippen LogP contribution is 2.18. The third kappa shape index (κ3) is 7.43. The van der Waals surface area contributed by atoms with Gasteiger partial charge in [0.1, 0.15) is 5.82 Å². The van der Waals surface area contributed by atoms with E-state index in [4.69, 9.17) is 4.74 Å². The second-order valence-electron chi connectivity index (χ2n) is 5.11. The van der Waals surface area contributed by atoms with E-state index in [0.29, 0.717) is 25.3 Å². The predicted octanol–water partition coefficient (Wildman–Crippen LogP) is 1.52. The number of methoxy groups -OCH3 is 1. The number of nitrogens with one attached hydrogen (secondary N) is 1. The number of carbonyl (C=O) groups excluding carboxylic acids is 1. The molecule has 1 aromatic carbocycles. The number of rotatable bonds is 10. The van der Waals surface area contributed by atoms with E-state index in [0.717, 1.165) is 12.7 Å². The molecule has 0 bridgehead atoms. The van der Waals surface area contributed by atoms with E-state index in [9.17, 15) is 17.6 Å². The third-order valence-electron chi connectivity index (χ3n) is 3.13. The van der Waals surface area contributed by atoms with Crippen molar-refractivity contribution in [2.75, 3.05) is 37.4 Å². The molecule has 0 saturated carbocycles. The molecule has 1 rings (SSSR count). The molecule has 0 aliphatic rings. The predicted molar refractivity (Wildman–Crippen MR) is 87.3 cm³/mol. The number of nitrogens with zero attached hydrogens (tertiary/aromatic N) is 1. The Morgan fingerprint density at radius 2 is 1.91 bits per heavy atom. The molecule has 8 heteroatoms. The van der Waals surface area contributed by atoms with Crippen molar-refractivity contribution < 1.29 is 22.3 Å². The number of halogens is 1. The quantitative estimate of drug-likeness (QED) is 0.652. The Hall–Kier alpha value is -1.67. The van der Waals surface area contributed by atoms with Gasteiger partial charge in [-0.25, -0.2) is 12.8 Å². The van der Waals surface area contributed by atoms with Gasteiger partial charge in [-0.2, -0.15) is 0 Å². The minimum absolute atomic E-state index is 0.131. The van der Waals surface area contributed by atoms with Crippen LogP contribution in [0.15, 0.2) is 24.3 Å². The Labute approximate surface area is 136 Å². The van der Waals surface area contributed by atoms with Gasteiger partial charge in [-0.05, 0) is 37.1 Å². The largest absolute Gasteiger partial charge is 0.385 e.